The first-order valence-corrected chi connectivity index (χ1v) is 6.05. The van der Waals surface area contributed by atoms with Crippen LogP contribution in [-0.2, 0) is 0 Å². The fraction of sp³-hybridized carbons (Fsp3) is 0.500. The van der Waals surface area contributed by atoms with Gasteiger partial charge in [-0.2, -0.15) is 0 Å². The number of rotatable bonds is 4. The van der Waals surface area contributed by atoms with Crippen LogP contribution in [0.5, 0.6) is 5.75 Å². The van der Waals surface area contributed by atoms with Crippen molar-refractivity contribution in [2.75, 3.05) is 6.61 Å². The minimum absolute atomic E-state index is 0.0300. The molecule has 0 spiro atoms. The maximum Gasteiger partial charge on any atom is 0.251 e. The highest BCUT2D eigenvalue weighted by Crippen LogP contribution is 2.22. The van der Waals surface area contributed by atoms with E-state index in [1.165, 1.54) is 12.1 Å². The van der Waals surface area contributed by atoms with Crippen molar-refractivity contribution >= 4 is 5.91 Å². The fourth-order valence-corrected chi connectivity index (χ4v) is 1.74. The minimum Gasteiger partial charge on any atom is -0.508 e. The molecule has 100 valence electrons. The third-order valence-electron chi connectivity index (χ3n) is 2.88. The summed E-state index contributed by atoms with van der Waals surface area (Å²) in [6.45, 7) is 6.06. The zero-order valence-corrected chi connectivity index (χ0v) is 11.1. The van der Waals surface area contributed by atoms with Gasteiger partial charge in [-0.3, -0.25) is 4.79 Å². The lowest BCUT2D eigenvalue weighted by Crippen LogP contribution is -2.44. The van der Waals surface area contributed by atoms with Gasteiger partial charge in [0, 0.05) is 18.2 Å². The van der Waals surface area contributed by atoms with E-state index in [9.17, 15) is 9.90 Å². The molecule has 0 aliphatic heterocycles. The molecule has 0 saturated carbocycles. The van der Waals surface area contributed by atoms with E-state index >= 15 is 0 Å². The highest BCUT2D eigenvalue weighted by atomic mass is 16.3. The van der Waals surface area contributed by atoms with Gasteiger partial charge in [0.1, 0.15) is 5.75 Å². The lowest BCUT2D eigenvalue weighted by molar-refractivity contribution is 0.0885. The zero-order valence-electron chi connectivity index (χ0n) is 11.1. The molecule has 0 fully saturated rings. The van der Waals surface area contributed by atoms with E-state index in [1.54, 1.807) is 12.1 Å². The summed E-state index contributed by atoms with van der Waals surface area (Å²) in [5.74, 6) is -0.170. The van der Waals surface area contributed by atoms with Gasteiger partial charge in [-0.15, -0.1) is 0 Å². The number of aliphatic hydroxyl groups is 1. The van der Waals surface area contributed by atoms with Crippen molar-refractivity contribution in [3.8, 4) is 5.75 Å². The highest BCUT2D eigenvalue weighted by molar-refractivity contribution is 5.94. The standard InChI is InChI=1S/C14H21NO3/c1-14(2,3)12(7-8-16)15-13(18)10-5-4-6-11(17)9-10/h4-6,9,12,16-17H,7-8H2,1-3H3,(H,15,18). The van der Waals surface area contributed by atoms with Crippen LogP contribution in [0.4, 0.5) is 0 Å². The molecular formula is C14H21NO3. The number of aromatic hydroxyl groups is 1. The maximum atomic E-state index is 12.0. The number of phenols is 1. The first-order valence-electron chi connectivity index (χ1n) is 6.05. The number of carbonyl (C=O) groups is 1. The number of phenolic OH excluding ortho intramolecular Hbond substituents is 1. The maximum absolute atomic E-state index is 12.0. The van der Waals surface area contributed by atoms with Gasteiger partial charge >= 0.3 is 0 Å². The largest absolute Gasteiger partial charge is 0.508 e. The van der Waals surface area contributed by atoms with Gasteiger partial charge in [0.2, 0.25) is 0 Å². The molecule has 1 amide bonds. The molecule has 0 aliphatic rings. The molecule has 0 aliphatic carbocycles. The van der Waals surface area contributed by atoms with Crippen molar-refractivity contribution in [1.29, 1.82) is 0 Å². The molecule has 3 N–H and O–H groups in total. The number of aliphatic hydroxyl groups excluding tert-OH is 1. The number of amides is 1. The van der Waals surface area contributed by atoms with Crippen LogP contribution in [0, 0.1) is 5.41 Å². The second-order valence-corrected chi connectivity index (χ2v) is 5.45. The molecule has 0 heterocycles. The van der Waals surface area contributed by atoms with Crippen molar-refractivity contribution in [1.82, 2.24) is 5.32 Å². The Morgan fingerprint density at radius 3 is 2.56 bits per heavy atom. The normalized spacial score (nSPS) is 13.1. The van der Waals surface area contributed by atoms with E-state index in [4.69, 9.17) is 5.11 Å². The van der Waals surface area contributed by atoms with Gasteiger partial charge in [0.25, 0.3) is 5.91 Å². The first kappa shape index (κ1) is 14.5. The van der Waals surface area contributed by atoms with Gasteiger partial charge in [-0.05, 0) is 30.0 Å². The van der Waals surface area contributed by atoms with Crippen molar-refractivity contribution in [3.63, 3.8) is 0 Å². The summed E-state index contributed by atoms with van der Waals surface area (Å²) in [5.41, 5.74) is 0.289. The van der Waals surface area contributed by atoms with E-state index < -0.39 is 0 Å². The zero-order chi connectivity index (χ0) is 13.8. The Hall–Kier alpha value is -1.55. The number of carbonyl (C=O) groups excluding carboxylic acids is 1. The smallest absolute Gasteiger partial charge is 0.251 e. The van der Waals surface area contributed by atoms with Crippen LogP contribution in [0.3, 0.4) is 0 Å². The summed E-state index contributed by atoms with van der Waals surface area (Å²) in [4.78, 5) is 12.0. The molecule has 1 aromatic rings. The summed E-state index contributed by atoms with van der Waals surface area (Å²) in [7, 11) is 0. The van der Waals surface area contributed by atoms with Crippen LogP contribution in [0.2, 0.25) is 0 Å². The lowest BCUT2D eigenvalue weighted by Gasteiger charge is -2.31. The summed E-state index contributed by atoms with van der Waals surface area (Å²) >= 11 is 0. The van der Waals surface area contributed by atoms with Crippen LogP contribution >= 0.6 is 0 Å². The third-order valence-corrected chi connectivity index (χ3v) is 2.88. The number of hydrogen-bond acceptors (Lipinski definition) is 3. The first-order chi connectivity index (χ1) is 8.34. The predicted molar refractivity (Wildman–Crippen MR) is 70.5 cm³/mol. The van der Waals surface area contributed by atoms with Gasteiger partial charge in [-0.25, -0.2) is 0 Å². The Balaban J connectivity index is 2.79. The van der Waals surface area contributed by atoms with E-state index in [0.717, 1.165) is 0 Å². The molecule has 1 rings (SSSR count). The average Bonchev–Trinajstić information content (AvgIpc) is 2.27. The second-order valence-electron chi connectivity index (χ2n) is 5.45. The van der Waals surface area contributed by atoms with Crippen LogP contribution in [0.25, 0.3) is 0 Å². The fourth-order valence-electron chi connectivity index (χ4n) is 1.74. The van der Waals surface area contributed by atoms with E-state index in [1.807, 2.05) is 20.8 Å². The SMILES string of the molecule is CC(C)(C)C(CCO)NC(=O)c1cccc(O)c1. The molecule has 1 atom stereocenters. The van der Waals surface area contributed by atoms with Crippen LogP contribution < -0.4 is 5.32 Å². The number of nitrogens with one attached hydrogen (secondary N) is 1. The summed E-state index contributed by atoms with van der Waals surface area (Å²) < 4.78 is 0. The highest BCUT2D eigenvalue weighted by Gasteiger charge is 2.26. The Kier molecular flexibility index (Phi) is 4.73. The Bertz CT molecular complexity index is 410. The summed E-state index contributed by atoms with van der Waals surface area (Å²) in [5, 5.41) is 21.3. The van der Waals surface area contributed by atoms with Crippen LogP contribution in [-0.4, -0.2) is 28.8 Å². The van der Waals surface area contributed by atoms with Gasteiger partial charge in [0.15, 0.2) is 0 Å². The second kappa shape index (κ2) is 5.87. The molecule has 0 bridgehead atoms. The molecular weight excluding hydrogens is 230 g/mol. The molecule has 0 radical (unpaired) electrons. The Labute approximate surface area is 108 Å². The number of hydrogen-bond donors (Lipinski definition) is 3. The van der Waals surface area contributed by atoms with Gasteiger partial charge in [-0.1, -0.05) is 26.8 Å². The molecule has 4 nitrogen and oxygen atoms in total. The lowest BCUT2D eigenvalue weighted by atomic mass is 9.85. The molecule has 0 aromatic heterocycles. The van der Waals surface area contributed by atoms with Crippen LogP contribution in [0.1, 0.15) is 37.6 Å². The van der Waals surface area contributed by atoms with Crippen LogP contribution in [0.15, 0.2) is 24.3 Å². The van der Waals surface area contributed by atoms with E-state index in [0.29, 0.717) is 12.0 Å². The predicted octanol–water partition coefficient (Wildman–Crippen LogP) is 1.92. The topological polar surface area (TPSA) is 69.6 Å². The van der Waals surface area contributed by atoms with Gasteiger partial charge in [0.05, 0.1) is 0 Å². The van der Waals surface area contributed by atoms with Crippen molar-refractivity contribution in [2.24, 2.45) is 5.41 Å². The summed E-state index contributed by atoms with van der Waals surface area (Å²) in [6, 6.07) is 6.10. The monoisotopic (exact) mass is 251 g/mol. The van der Waals surface area contributed by atoms with Crippen molar-refractivity contribution in [3.05, 3.63) is 29.8 Å². The summed E-state index contributed by atoms with van der Waals surface area (Å²) in [6.07, 6.45) is 0.508. The van der Waals surface area contributed by atoms with Gasteiger partial charge < -0.3 is 15.5 Å². The average molecular weight is 251 g/mol. The van der Waals surface area contributed by atoms with Crippen molar-refractivity contribution in [2.45, 2.75) is 33.2 Å². The molecule has 18 heavy (non-hydrogen) atoms. The quantitative estimate of drug-likeness (QED) is 0.765. The molecule has 1 aromatic carbocycles. The van der Waals surface area contributed by atoms with E-state index in [-0.39, 0.29) is 29.7 Å². The van der Waals surface area contributed by atoms with E-state index in [2.05, 4.69) is 5.32 Å². The third kappa shape index (κ3) is 4.04. The number of benzene rings is 1. The Morgan fingerprint density at radius 1 is 1.39 bits per heavy atom. The molecule has 1 unspecified atom stereocenters. The Morgan fingerprint density at radius 2 is 2.06 bits per heavy atom. The minimum atomic E-state index is -0.237. The molecule has 4 heteroatoms. The van der Waals surface area contributed by atoms with Crippen molar-refractivity contribution < 1.29 is 15.0 Å². The molecule has 0 saturated heterocycles.